The van der Waals surface area contributed by atoms with Gasteiger partial charge in [0.2, 0.25) is 0 Å². The molecule has 1 fully saturated rings. The van der Waals surface area contributed by atoms with Crippen molar-refractivity contribution in [2.24, 2.45) is 5.41 Å². The summed E-state index contributed by atoms with van der Waals surface area (Å²) in [6.07, 6.45) is -0.0625. The van der Waals surface area contributed by atoms with Crippen LogP contribution in [0, 0.1) is 5.41 Å². The van der Waals surface area contributed by atoms with Crippen LogP contribution in [0.3, 0.4) is 0 Å². The Bertz CT molecular complexity index is 738. The molecule has 2 rings (SSSR count). The van der Waals surface area contributed by atoms with Crippen molar-refractivity contribution < 1.29 is 24.3 Å². The minimum atomic E-state index is -1.44. The summed E-state index contributed by atoms with van der Waals surface area (Å²) in [6, 6.07) is 8.28. The predicted octanol–water partition coefficient (Wildman–Crippen LogP) is 2.68. The Morgan fingerprint density at radius 3 is 2.47 bits per heavy atom. The number of unbranched alkanes of at least 4 members (excludes halogenated alkanes) is 1. The Balaban J connectivity index is 1.96. The number of hydroxylamine groups is 2. The number of carbonyl (C=O) groups excluding carboxylic acids is 3. The van der Waals surface area contributed by atoms with Gasteiger partial charge in [0.25, 0.3) is 11.8 Å². The molecule has 2 unspecified atom stereocenters. The van der Waals surface area contributed by atoms with E-state index in [4.69, 9.17) is 4.84 Å². The molecule has 1 heterocycles. The van der Waals surface area contributed by atoms with Crippen molar-refractivity contribution in [1.29, 1.82) is 0 Å². The van der Waals surface area contributed by atoms with Crippen LogP contribution in [0.25, 0.3) is 0 Å². The molecule has 0 aliphatic carbocycles. The number of carbonyl (C=O) groups is 3. The number of nitrogens with one attached hydrogen (secondary N) is 2. The van der Waals surface area contributed by atoms with Crippen LogP contribution < -0.4 is 10.6 Å². The van der Waals surface area contributed by atoms with E-state index in [-0.39, 0.29) is 17.4 Å². The molecule has 0 aromatic heterocycles. The minimum absolute atomic E-state index is 0.268. The standard InChI is InChI=1S/C22H33N3O5/c1-5-6-12-17(24-21(29)30-25-14-22(3,4)13-18(25)26)19(27)20(28)23-15(2)16-10-8-7-9-11-16/h7-11,15,17,19,27H,5-6,12-14H2,1-4H3,(H,23,28)(H,24,29)/t15-,17?,19?/m1/s1. The first-order chi connectivity index (χ1) is 14.1. The molecule has 166 valence electrons. The summed E-state index contributed by atoms with van der Waals surface area (Å²) in [5.74, 6) is -0.846. The van der Waals surface area contributed by atoms with Crippen LogP contribution in [0.1, 0.15) is 65.0 Å². The van der Waals surface area contributed by atoms with Crippen LogP contribution in [0.2, 0.25) is 0 Å². The topological polar surface area (TPSA) is 108 Å². The maximum absolute atomic E-state index is 12.6. The fourth-order valence-corrected chi connectivity index (χ4v) is 3.43. The minimum Gasteiger partial charge on any atom is -0.381 e. The Hall–Kier alpha value is -2.61. The summed E-state index contributed by atoms with van der Waals surface area (Å²) < 4.78 is 0. The van der Waals surface area contributed by atoms with Crippen molar-refractivity contribution in [2.75, 3.05) is 6.54 Å². The first kappa shape index (κ1) is 23.7. The molecule has 0 radical (unpaired) electrons. The highest BCUT2D eigenvalue weighted by atomic mass is 16.7. The summed E-state index contributed by atoms with van der Waals surface area (Å²) in [4.78, 5) is 42.0. The molecule has 1 saturated heterocycles. The van der Waals surface area contributed by atoms with Crippen LogP contribution >= 0.6 is 0 Å². The van der Waals surface area contributed by atoms with E-state index < -0.39 is 24.1 Å². The quantitative estimate of drug-likeness (QED) is 0.570. The summed E-state index contributed by atoms with van der Waals surface area (Å²) >= 11 is 0. The molecular formula is C22H33N3O5. The molecule has 3 amide bonds. The molecule has 1 aromatic rings. The molecular weight excluding hydrogens is 386 g/mol. The van der Waals surface area contributed by atoms with E-state index in [1.54, 1.807) is 0 Å². The normalized spacial score (nSPS) is 18.4. The highest BCUT2D eigenvalue weighted by Crippen LogP contribution is 2.30. The molecule has 1 aliphatic heterocycles. The highest BCUT2D eigenvalue weighted by Gasteiger charge is 2.39. The van der Waals surface area contributed by atoms with E-state index in [2.05, 4.69) is 10.6 Å². The predicted molar refractivity (Wildman–Crippen MR) is 112 cm³/mol. The van der Waals surface area contributed by atoms with Crippen LogP contribution in [0.4, 0.5) is 4.79 Å². The summed E-state index contributed by atoms with van der Waals surface area (Å²) in [6.45, 7) is 7.93. The van der Waals surface area contributed by atoms with Gasteiger partial charge in [-0.05, 0) is 24.3 Å². The van der Waals surface area contributed by atoms with Crippen LogP contribution in [-0.4, -0.2) is 46.8 Å². The van der Waals surface area contributed by atoms with Gasteiger partial charge in [0.05, 0.1) is 18.6 Å². The van der Waals surface area contributed by atoms with E-state index in [9.17, 15) is 19.5 Å². The van der Waals surface area contributed by atoms with Crippen LogP contribution in [0.15, 0.2) is 30.3 Å². The maximum Gasteiger partial charge on any atom is 0.432 e. The zero-order valence-electron chi connectivity index (χ0n) is 18.2. The average molecular weight is 420 g/mol. The van der Waals surface area contributed by atoms with E-state index >= 15 is 0 Å². The Morgan fingerprint density at radius 1 is 1.23 bits per heavy atom. The van der Waals surface area contributed by atoms with Gasteiger partial charge >= 0.3 is 6.09 Å². The molecule has 8 nitrogen and oxygen atoms in total. The largest absolute Gasteiger partial charge is 0.432 e. The maximum atomic E-state index is 12.6. The zero-order valence-corrected chi connectivity index (χ0v) is 18.2. The third-order valence-corrected chi connectivity index (χ3v) is 5.15. The first-order valence-corrected chi connectivity index (χ1v) is 10.4. The van der Waals surface area contributed by atoms with Crippen LogP contribution in [0.5, 0.6) is 0 Å². The highest BCUT2D eigenvalue weighted by molar-refractivity contribution is 5.83. The number of nitrogens with zero attached hydrogens (tertiary/aromatic N) is 1. The van der Waals surface area contributed by atoms with Crippen molar-refractivity contribution in [3.05, 3.63) is 35.9 Å². The fourth-order valence-electron chi connectivity index (χ4n) is 3.43. The average Bonchev–Trinajstić information content (AvgIpc) is 2.96. The van der Waals surface area contributed by atoms with Crippen molar-refractivity contribution >= 4 is 17.9 Å². The molecule has 0 spiro atoms. The Morgan fingerprint density at radius 2 is 1.90 bits per heavy atom. The molecule has 0 bridgehead atoms. The Labute approximate surface area is 177 Å². The van der Waals surface area contributed by atoms with Crippen LogP contribution in [-0.2, 0) is 14.4 Å². The monoisotopic (exact) mass is 419 g/mol. The number of amides is 3. The number of rotatable bonds is 9. The van der Waals surface area contributed by atoms with Gasteiger partial charge in [-0.25, -0.2) is 4.79 Å². The number of hydrogen-bond donors (Lipinski definition) is 3. The molecule has 30 heavy (non-hydrogen) atoms. The van der Waals surface area contributed by atoms with E-state index in [1.807, 2.05) is 58.0 Å². The molecule has 1 aliphatic rings. The third kappa shape index (κ3) is 6.73. The number of aliphatic hydroxyl groups excluding tert-OH is 1. The lowest BCUT2D eigenvalue weighted by Crippen LogP contribution is -2.52. The van der Waals surface area contributed by atoms with Gasteiger partial charge < -0.3 is 20.6 Å². The summed E-state index contributed by atoms with van der Waals surface area (Å²) in [5, 5.41) is 16.9. The fraction of sp³-hybridized carbons (Fsp3) is 0.591. The lowest BCUT2D eigenvalue weighted by Gasteiger charge is -2.26. The van der Waals surface area contributed by atoms with Gasteiger partial charge in [-0.3, -0.25) is 9.59 Å². The van der Waals surface area contributed by atoms with Gasteiger partial charge in [0.15, 0.2) is 6.10 Å². The second-order valence-corrected chi connectivity index (χ2v) is 8.63. The third-order valence-electron chi connectivity index (χ3n) is 5.15. The van der Waals surface area contributed by atoms with Crippen molar-refractivity contribution in [2.45, 2.75) is 71.6 Å². The lowest BCUT2D eigenvalue weighted by atomic mass is 9.93. The van der Waals surface area contributed by atoms with Gasteiger partial charge in [0.1, 0.15) is 0 Å². The summed E-state index contributed by atoms with van der Waals surface area (Å²) in [5.41, 5.74) is 0.636. The van der Waals surface area contributed by atoms with E-state index in [1.165, 1.54) is 0 Å². The number of hydrogen-bond acceptors (Lipinski definition) is 5. The SMILES string of the molecule is CCCCC(NC(=O)ON1CC(C)(C)CC1=O)C(O)C(=O)N[C@H](C)c1ccccc1. The molecule has 0 saturated carbocycles. The molecule has 1 aromatic carbocycles. The molecule has 3 atom stereocenters. The second kappa shape index (κ2) is 10.4. The van der Waals surface area contributed by atoms with Gasteiger partial charge in [0, 0.05) is 6.42 Å². The molecule has 3 N–H and O–H groups in total. The Kier molecular flexibility index (Phi) is 8.23. The van der Waals surface area contributed by atoms with E-state index in [0.29, 0.717) is 25.8 Å². The van der Waals surface area contributed by atoms with Gasteiger partial charge in [-0.15, -0.1) is 0 Å². The smallest absolute Gasteiger partial charge is 0.381 e. The van der Waals surface area contributed by atoms with Gasteiger partial charge in [-0.2, -0.15) is 5.06 Å². The summed E-state index contributed by atoms with van der Waals surface area (Å²) in [7, 11) is 0. The molecule has 8 heteroatoms. The number of benzene rings is 1. The van der Waals surface area contributed by atoms with E-state index in [0.717, 1.165) is 17.0 Å². The first-order valence-electron chi connectivity index (χ1n) is 10.4. The zero-order chi connectivity index (χ0) is 22.3. The van der Waals surface area contributed by atoms with Crippen molar-refractivity contribution in [3.63, 3.8) is 0 Å². The second-order valence-electron chi connectivity index (χ2n) is 8.63. The van der Waals surface area contributed by atoms with Crippen molar-refractivity contribution in [3.8, 4) is 0 Å². The lowest BCUT2D eigenvalue weighted by molar-refractivity contribution is -0.158. The number of aliphatic hydroxyl groups is 1. The van der Waals surface area contributed by atoms with Crippen molar-refractivity contribution in [1.82, 2.24) is 15.7 Å². The van der Waals surface area contributed by atoms with Gasteiger partial charge in [-0.1, -0.05) is 63.9 Å².